The van der Waals surface area contributed by atoms with Crippen molar-refractivity contribution in [2.24, 2.45) is 0 Å². The Bertz CT molecular complexity index is 911. The van der Waals surface area contributed by atoms with Crippen molar-refractivity contribution in [1.82, 2.24) is 14.5 Å². The van der Waals surface area contributed by atoms with Crippen LogP contribution < -0.4 is 0 Å². The van der Waals surface area contributed by atoms with Crippen LogP contribution in [0.2, 0.25) is 0 Å². The van der Waals surface area contributed by atoms with Gasteiger partial charge in [-0.2, -0.15) is 0 Å². The number of nitrogens with zero attached hydrogens (tertiary/aromatic N) is 3. The van der Waals surface area contributed by atoms with E-state index >= 15 is 0 Å². The van der Waals surface area contributed by atoms with Crippen molar-refractivity contribution >= 4 is 33.1 Å². The van der Waals surface area contributed by atoms with Crippen LogP contribution in [0.5, 0.6) is 0 Å². The van der Waals surface area contributed by atoms with E-state index in [1.165, 1.54) is 4.57 Å². The van der Waals surface area contributed by atoms with Crippen molar-refractivity contribution in [2.45, 2.75) is 33.3 Å². The van der Waals surface area contributed by atoms with Crippen molar-refractivity contribution in [3.8, 4) is 11.3 Å². The van der Waals surface area contributed by atoms with Crippen LogP contribution in [0.25, 0.3) is 22.3 Å². The maximum absolute atomic E-state index is 12.5. The van der Waals surface area contributed by atoms with Gasteiger partial charge in [-0.1, -0.05) is 30.3 Å². The van der Waals surface area contributed by atoms with E-state index in [9.17, 15) is 4.79 Å². The molecule has 0 saturated heterocycles. The molecule has 24 heavy (non-hydrogen) atoms. The first-order valence-electron chi connectivity index (χ1n) is 7.60. The second-order valence-corrected chi connectivity index (χ2v) is 7.37. The lowest BCUT2D eigenvalue weighted by Crippen LogP contribution is -2.27. The summed E-state index contributed by atoms with van der Waals surface area (Å²) in [6.45, 7) is 7.32. The van der Waals surface area contributed by atoms with Gasteiger partial charge in [0.15, 0.2) is 5.65 Å². The van der Waals surface area contributed by atoms with Crippen LogP contribution in [0.3, 0.4) is 0 Å². The van der Waals surface area contributed by atoms with Crippen molar-refractivity contribution in [1.29, 1.82) is 0 Å². The molecule has 0 radical (unpaired) electrons. The molecule has 3 rings (SSSR count). The monoisotopic (exact) mass is 387 g/mol. The van der Waals surface area contributed by atoms with E-state index in [2.05, 4.69) is 25.9 Å². The van der Waals surface area contributed by atoms with Gasteiger partial charge in [-0.15, -0.1) is 0 Å². The number of carbonyl (C=O) groups is 1. The van der Waals surface area contributed by atoms with Crippen LogP contribution in [-0.4, -0.2) is 26.2 Å². The third-order valence-electron chi connectivity index (χ3n) is 3.35. The number of hydrogen-bond donors (Lipinski definition) is 0. The molecule has 0 atom stereocenters. The van der Waals surface area contributed by atoms with E-state index in [-0.39, 0.29) is 0 Å². The van der Waals surface area contributed by atoms with Crippen LogP contribution in [0, 0.1) is 6.92 Å². The molecule has 124 valence electrons. The van der Waals surface area contributed by atoms with Gasteiger partial charge in [0.05, 0.1) is 11.1 Å². The maximum atomic E-state index is 12.5. The van der Waals surface area contributed by atoms with Crippen LogP contribution in [0.4, 0.5) is 4.79 Å². The first-order chi connectivity index (χ1) is 11.3. The number of aromatic nitrogens is 3. The SMILES string of the molecule is Cc1nc(-c2ccccc2)c2c(Br)cn(C(=O)OC(C)(C)C)c2n1. The van der Waals surface area contributed by atoms with Crippen LogP contribution >= 0.6 is 15.9 Å². The minimum Gasteiger partial charge on any atom is -0.443 e. The summed E-state index contributed by atoms with van der Waals surface area (Å²) in [5, 5.41) is 0.789. The molecule has 2 heterocycles. The molecule has 3 aromatic rings. The minimum absolute atomic E-state index is 0.463. The molecular weight excluding hydrogens is 370 g/mol. The van der Waals surface area contributed by atoms with Gasteiger partial charge in [-0.3, -0.25) is 0 Å². The Morgan fingerprint density at radius 2 is 1.83 bits per heavy atom. The average Bonchev–Trinajstić information content (AvgIpc) is 2.83. The first kappa shape index (κ1) is 16.6. The summed E-state index contributed by atoms with van der Waals surface area (Å²) in [6.07, 6.45) is 1.22. The van der Waals surface area contributed by atoms with Gasteiger partial charge < -0.3 is 4.74 Å². The highest BCUT2D eigenvalue weighted by atomic mass is 79.9. The Hall–Kier alpha value is -2.21. The number of ether oxygens (including phenoxy) is 1. The fourth-order valence-electron chi connectivity index (χ4n) is 2.45. The lowest BCUT2D eigenvalue weighted by molar-refractivity contribution is 0.0543. The van der Waals surface area contributed by atoms with E-state index in [1.54, 1.807) is 6.20 Å². The molecule has 5 nitrogen and oxygen atoms in total. The second-order valence-electron chi connectivity index (χ2n) is 6.51. The Morgan fingerprint density at radius 1 is 1.17 bits per heavy atom. The molecule has 0 saturated carbocycles. The molecule has 0 fully saturated rings. The number of halogens is 1. The van der Waals surface area contributed by atoms with Gasteiger partial charge in [-0.05, 0) is 43.6 Å². The van der Waals surface area contributed by atoms with E-state index in [4.69, 9.17) is 4.74 Å². The summed E-state index contributed by atoms with van der Waals surface area (Å²) >= 11 is 3.53. The van der Waals surface area contributed by atoms with Crippen molar-refractivity contribution < 1.29 is 9.53 Å². The molecule has 2 aromatic heterocycles. The highest BCUT2D eigenvalue weighted by Gasteiger charge is 2.23. The zero-order chi connectivity index (χ0) is 17.5. The molecule has 1 aromatic carbocycles. The highest BCUT2D eigenvalue weighted by molar-refractivity contribution is 9.10. The Kier molecular flexibility index (Phi) is 4.17. The third-order valence-corrected chi connectivity index (χ3v) is 3.95. The van der Waals surface area contributed by atoms with E-state index in [0.717, 1.165) is 21.1 Å². The number of hydrogen-bond acceptors (Lipinski definition) is 4. The third kappa shape index (κ3) is 3.19. The van der Waals surface area contributed by atoms with E-state index < -0.39 is 11.7 Å². The van der Waals surface area contributed by atoms with E-state index in [1.807, 2.05) is 58.0 Å². The predicted molar refractivity (Wildman–Crippen MR) is 97.0 cm³/mol. The number of benzene rings is 1. The number of rotatable bonds is 1. The van der Waals surface area contributed by atoms with Gasteiger partial charge in [0.25, 0.3) is 0 Å². The predicted octanol–water partition coefficient (Wildman–Crippen LogP) is 4.95. The molecule has 0 bridgehead atoms. The molecule has 0 amide bonds. The number of fused-ring (bicyclic) bond motifs is 1. The van der Waals surface area contributed by atoms with Gasteiger partial charge in [-0.25, -0.2) is 19.3 Å². The topological polar surface area (TPSA) is 57.0 Å². The first-order valence-corrected chi connectivity index (χ1v) is 8.39. The Balaban J connectivity index is 2.22. The van der Waals surface area contributed by atoms with Gasteiger partial charge in [0, 0.05) is 16.2 Å². The van der Waals surface area contributed by atoms with Crippen molar-refractivity contribution in [3.63, 3.8) is 0 Å². The lowest BCUT2D eigenvalue weighted by Gasteiger charge is -2.19. The second kappa shape index (κ2) is 6.02. The zero-order valence-electron chi connectivity index (χ0n) is 14.0. The van der Waals surface area contributed by atoms with E-state index in [0.29, 0.717) is 11.5 Å². The molecule has 0 spiro atoms. The van der Waals surface area contributed by atoms with Gasteiger partial charge in [0.1, 0.15) is 11.4 Å². The van der Waals surface area contributed by atoms with Crippen molar-refractivity contribution in [2.75, 3.05) is 0 Å². The summed E-state index contributed by atoms with van der Waals surface area (Å²) in [6, 6.07) is 9.83. The molecule has 0 unspecified atom stereocenters. The van der Waals surface area contributed by atoms with Crippen molar-refractivity contribution in [3.05, 3.63) is 46.8 Å². The number of aryl methyl sites for hydroxylation is 1. The molecule has 0 N–H and O–H groups in total. The minimum atomic E-state index is -0.579. The maximum Gasteiger partial charge on any atom is 0.420 e. The lowest BCUT2D eigenvalue weighted by atomic mass is 10.1. The fraction of sp³-hybridized carbons (Fsp3) is 0.278. The van der Waals surface area contributed by atoms with Crippen LogP contribution in [-0.2, 0) is 4.74 Å². The largest absolute Gasteiger partial charge is 0.443 e. The normalized spacial score (nSPS) is 11.7. The number of carbonyl (C=O) groups excluding carboxylic acids is 1. The van der Waals surface area contributed by atoms with Crippen LogP contribution in [0.15, 0.2) is 41.0 Å². The van der Waals surface area contributed by atoms with Crippen LogP contribution in [0.1, 0.15) is 26.6 Å². The van der Waals surface area contributed by atoms with Gasteiger partial charge >= 0.3 is 6.09 Å². The fourth-order valence-corrected chi connectivity index (χ4v) is 3.02. The summed E-state index contributed by atoms with van der Waals surface area (Å²) in [5.74, 6) is 0.594. The molecule has 0 aliphatic carbocycles. The molecule has 0 aliphatic heterocycles. The summed E-state index contributed by atoms with van der Waals surface area (Å²) in [5.41, 5.74) is 1.70. The summed E-state index contributed by atoms with van der Waals surface area (Å²) in [7, 11) is 0. The molecular formula is C18H18BrN3O2. The smallest absolute Gasteiger partial charge is 0.420 e. The highest BCUT2D eigenvalue weighted by Crippen LogP contribution is 2.33. The summed E-state index contributed by atoms with van der Waals surface area (Å²) < 4.78 is 7.65. The Labute approximate surface area is 148 Å². The Morgan fingerprint density at radius 3 is 2.46 bits per heavy atom. The quantitative estimate of drug-likeness (QED) is 0.592. The zero-order valence-corrected chi connectivity index (χ0v) is 15.6. The summed E-state index contributed by atoms with van der Waals surface area (Å²) in [4.78, 5) is 21.5. The molecule has 6 heteroatoms. The van der Waals surface area contributed by atoms with Gasteiger partial charge in [0.2, 0.25) is 0 Å². The molecule has 0 aliphatic rings. The average molecular weight is 388 g/mol. The standard InChI is InChI=1S/C18H18BrN3O2/c1-11-20-15(12-8-6-5-7-9-12)14-13(19)10-22(16(14)21-11)17(23)24-18(2,3)4/h5-10H,1-4H3.